The molecule has 0 fully saturated rings. The first kappa shape index (κ1) is 12.6. The van der Waals surface area contributed by atoms with Gasteiger partial charge in [0.2, 0.25) is 0 Å². The molecule has 0 saturated carbocycles. The molecule has 3 N–H and O–H groups in total. The summed E-state index contributed by atoms with van der Waals surface area (Å²) in [5.74, 6) is 6.30. The number of nitrogens with one attached hydrogen (secondary N) is 1. The van der Waals surface area contributed by atoms with Crippen molar-refractivity contribution in [2.24, 2.45) is 5.84 Å². The summed E-state index contributed by atoms with van der Waals surface area (Å²) in [6, 6.07) is 7.65. The lowest BCUT2D eigenvalue weighted by Gasteiger charge is -2.12. The van der Waals surface area contributed by atoms with Gasteiger partial charge in [-0.2, -0.15) is 0 Å². The highest BCUT2D eigenvalue weighted by Gasteiger charge is 2.09. The van der Waals surface area contributed by atoms with Gasteiger partial charge in [0.05, 0.1) is 24.6 Å². The van der Waals surface area contributed by atoms with E-state index in [1.165, 1.54) is 0 Å². The van der Waals surface area contributed by atoms with Crippen LogP contribution in [0.15, 0.2) is 24.3 Å². The van der Waals surface area contributed by atoms with Gasteiger partial charge in [-0.3, -0.25) is 5.84 Å². The first-order valence-corrected chi connectivity index (χ1v) is 5.81. The number of hydrogen-bond donors (Lipinski definition) is 2. The number of ether oxygens (including phenoxy) is 2. The predicted molar refractivity (Wildman–Crippen MR) is 71.4 cm³/mol. The SMILES string of the molecule is CCOc1cccc2c(NN)cc(COC)nc12. The summed E-state index contributed by atoms with van der Waals surface area (Å²) in [6.07, 6.45) is 0. The van der Waals surface area contributed by atoms with E-state index in [0.29, 0.717) is 13.2 Å². The smallest absolute Gasteiger partial charge is 0.145 e. The van der Waals surface area contributed by atoms with Gasteiger partial charge in [0.1, 0.15) is 11.3 Å². The minimum absolute atomic E-state index is 0.436. The van der Waals surface area contributed by atoms with E-state index in [2.05, 4.69) is 10.4 Å². The summed E-state index contributed by atoms with van der Waals surface area (Å²) in [7, 11) is 1.63. The lowest BCUT2D eigenvalue weighted by molar-refractivity contribution is 0.182. The zero-order chi connectivity index (χ0) is 13.0. The predicted octanol–water partition coefficient (Wildman–Crippen LogP) is 2.07. The molecule has 0 bridgehead atoms. The maximum absolute atomic E-state index is 5.58. The molecule has 1 aromatic heterocycles. The number of benzene rings is 1. The van der Waals surface area contributed by atoms with Crippen LogP contribution in [-0.4, -0.2) is 18.7 Å². The minimum Gasteiger partial charge on any atom is -0.492 e. The molecule has 2 aromatic rings. The number of nitrogen functional groups attached to an aromatic ring is 1. The van der Waals surface area contributed by atoms with Crippen LogP contribution < -0.4 is 16.0 Å². The van der Waals surface area contributed by atoms with Crippen molar-refractivity contribution >= 4 is 16.6 Å². The zero-order valence-electron chi connectivity index (χ0n) is 10.6. The van der Waals surface area contributed by atoms with Crippen molar-refractivity contribution in [2.75, 3.05) is 19.1 Å². The summed E-state index contributed by atoms with van der Waals surface area (Å²) in [6.45, 7) is 2.98. The second kappa shape index (κ2) is 5.66. The van der Waals surface area contributed by atoms with E-state index in [0.717, 1.165) is 28.0 Å². The molecule has 18 heavy (non-hydrogen) atoms. The molecule has 0 radical (unpaired) electrons. The Morgan fingerprint density at radius 1 is 1.39 bits per heavy atom. The fourth-order valence-corrected chi connectivity index (χ4v) is 1.89. The Balaban J connectivity index is 2.63. The van der Waals surface area contributed by atoms with Gasteiger partial charge in [0.15, 0.2) is 0 Å². The van der Waals surface area contributed by atoms with Crippen LogP contribution in [0.3, 0.4) is 0 Å². The molecule has 0 unspecified atom stereocenters. The molecule has 0 atom stereocenters. The van der Waals surface area contributed by atoms with Crippen molar-refractivity contribution in [3.05, 3.63) is 30.0 Å². The van der Waals surface area contributed by atoms with E-state index in [9.17, 15) is 0 Å². The maximum atomic E-state index is 5.58. The molecule has 0 aliphatic heterocycles. The lowest BCUT2D eigenvalue weighted by Crippen LogP contribution is -2.09. The van der Waals surface area contributed by atoms with Gasteiger partial charge in [-0.05, 0) is 19.1 Å². The number of hydrogen-bond acceptors (Lipinski definition) is 5. The van der Waals surface area contributed by atoms with Crippen molar-refractivity contribution in [3.63, 3.8) is 0 Å². The number of nitrogens with two attached hydrogens (primary N) is 1. The first-order chi connectivity index (χ1) is 8.80. The van der Waals surface area contributed by atoms with Crippen LogP contribution in [0.4, 0.5) is 5.69 Å². The highest BCUT2D eigenvalue weighted by Crippen LogP contribution is 2.29. The molecule has 5 heteroatoms. The average molecular weight is 247 g/mol. The summed E-state index contributed by atoms with van der Waals surface area (Å²) in [4.78, 5) is 4.55. The van der Waals surface area contributed by atoms with E-state index < -0.39 is 0 Å². The van der Waals surface area contributed by atoms with E-state index in [1.807, 2.05) is 31.2 Å². The second-order valence-electron chi connectivity index (χ2n) is 3.82. The number of para-hydroxylation sites is 1. The summed E-state index contributed by atoms with van der Waals surface area (Å²) in [5, 5.41) is 0.934. The molecule has 5 nitrogen and oxygen atoms in total. The Bertz CT molecular complexity index is 543. The number of nitrogens with zero attached hydrogens (tertiary/aromatic N) is 1. The average Bonchev–Trinajstić information content (AvgIpc) is 2.39. The first-order valence-electron chi connectivity index (χ1n) is 5.81. The normalized spacial score (nSPS) is 10.6. The van der Waals surface area contributed by atoms with Crippen molar-refractivity contribution in [1.29, 1.82) is 0 Å². The third-order valence-corrected chi connectivity index (χ3v) is 2.60. The number of rotatable bonds is 5. The Morgan fingerprint density at radius 2 is 2.22 bits per heavy atom. The zero-order valence-corrected chi connectivity index (χ0v) is 10.6. The molecule has 0 saturated heterocycles. The van der Waals surface area contributed by atoms with Crippen molar-refractivity contribution < 1.29 is 9.47 Å². The second-order valence-corrected chi connectivity index (χ2v) is 3.82. The molecule has 0 aliphatic carbocycles. The van der Waals surface area contributed by atoms with Crippen molar-refractivity contribution in [1.82, 2.24) is 4.98 Å². The highest BCUT2D eigenvalue weighted by atomic mass is 16.5. The van der Waals surface area contributed by atoms with Crippen LogP contribution in [0, 0.1) is 0 Å². The molecular formula is C13H17N3O2. The number of aromatic nitrogens is 1. The molecular weight excluding hydrogens is 230 g/mol. The Labute approximate surface area is 106 Å². The van der Waals surface area contributed by atoms with Gasteiger partial charge in [-0.15, -0.1) is 0 Å². The number of fused-ring (bicyclic) bond motifs is 1. The Hall–Kier alpha value is -1.85. The monoisotopic (exact) mass is 247 g/mol. The molecule has 0 amide bonds. The lowest BCUT2D eigenvalue weighted by atomic mass is 10.1. The fourth-order valence-electron chi connectivity index (χ4n) is 1.89. The number of anilines is 1. The Morgan fingerprint density at radius 3 is 2.89 bits per heavy atom. The number of hydrazine groups is 1. The van der Waals surface area contributed by atoms with Gasteiger partial charge < -0.3 is 14.9 Å². The molecule has 2 rings (SSSR count). The molecule has 96 valence electrons. The van der Waals surface area contributed by atoms with Gasteiger partial charge in [0.25, 0.3) is 0 Å². The third kappa shape index (κ3) is 2.37. The number of methoxy groups -OCH3 is 1. The van der Waals surface area contributed by atoms with Crippen LogP contribution in [0.1, 0.15) is 12.6 Å². The maximum Gasteiger partial charge on any atom is 0.145 e. The van der Waals surface area contributed by atoms with E-state index in [4.69, 9.17) is 15.3 Å². The molecule has 0 aliphatic rings. The largest absolute Gasteiger partial charge is 0.492 e. The van der Waals surface area contributed by atoms with Gasteiger partial charge in [0, 0.05) is 12.5 Å². The Kier molecular flexibility index (Phi) is 3.96. The van der Waals surface area contributed by atoms with Crippen molar-refractivity contribution in [2.45, 2.75) is 13.5 Å². The topological polar surface area (TPSA) is 69.4 Å². The fraction of sp³-hybridized carbons (Fsp3) is 0.308. The van der Waals surface area contributed by atoms with Gasteiger partial charge in [-0.1, -0.05) is 12.1 Å². The minimum atomic E-state index is 0.436. The van der Waals surface area contributed by atoms with E-state index >= 15 is 0 Å². The van der Waals surface area contributed by atoms with Gasteiger partial charge >= 0.3 is 0 Å². The van der Waals surface area contributed by atoms with Crippen molar-refractivity contribution in [3.8, 4) is 5.75 Å². The van der Waals surface area contributed by atoms with Gasteiger partial charge in [-0.25, -0.2) is 4.98 Å². The molecule has 1 aromatic carbocycles. The van der Waals surface area contributed by atoms with Crippen LogP contribution in [0.5, 0.6) is 5.75 Å². The molecule has 0 spiro atoms. The standard InChI is InChI=1S/C13H17N3O2/c1-3-18-12-6-4-5-10-11(16-14)7-9(8-17-2)15-13(10)12/h4-7H,3,8,14H2,1-2H3,(H,15,16). The van der Waals surface area contributed by atoms with Crippen LogP contribution in [-0.2, 0) is 11.3 Å². The quantitative estimate of drug-likeness (QED) is 0.625. The number of pyridine rings is 1. The van der Waals surface area contributed by atoms with Crippen LogP contribution >= 0.6 is 0 Å². The van der Waals surface area contributed by atoms with Crippen LogP contribution in [0.25, 0.3) is 10.9 Å². The van der Waals surface area contributed by atoms with E-state index in [-0.39, 0.29) is 0 Å². The summed E-state index contributed by atoms with van der Waals surface area (Å²) < 4.78 is 10.7. The third-order valence-electron chi connectivity index (χ3n) is 2.60. The summed E-state index contributed by atoms with van der Waals surface area (Å²) >= 11 is 0. The van der Waals surface area contributed by atoms with Crippen LogP contribution in [0.2, 0.25) is 0 Å². The molecule has 1 heterocycles. The van der Waals surface area contributed by atoms with E-state index in [1.54, 1.807) is 7.11 Å². The summed E-state index contributed by atoms with van der Waals surface area (Å²) in [5.41, 5.74) is 5.10. The highest BCUT2D eigenvalue weighted by molar-refractivity contribution is 5.94.